The maximum Gasteiger partial charge on any atom is 0.416 e. The van der Waals surface area contributed by atoms with E-state index in [2.05, 4.69) is 9.82 Å². The summed E-state index contributed by atoms with van der Waals surface area (Å²) in [7, 11) is -4.04. The lowest BCUT2D eigenvalue weighted by atomic mass is 10.2. The quantitative estimate of drug-likeness (QED) is 0.686. The number of hydrogen-bond donors (Lipinski definition) is 1. The Kier molecular flexibility index (Phi) is 5.17. The first-order valence-corrected chi connectivity index (χ1v) is 9.86. The molecule has 0 saturated heterocycles. The van der Waals surface area contributed by atoms with Gasteiger partial charge in [-0.25, -0.2) is 13.1 Å². The predicted molar refractivity (Wildman–Crippen MR) is 92.2 cm³/mol. The second-order valence-corrected chi connectivity index (χ2v) is 8.08. The highest BCUT2D eigenvalue weighted by Crippen LogP contribution is 2.30. The van der Waals surface area contributed by atoms with Crippen LogP contribution in [0.3, 0.4) is 0 Å². The minimum Gasteiger partial charge on any atom is -0.271 e. The van der Waals surface area contributed by atoms with Crippen LogP contribution in [0.1, 0.15) is 5.56 Å². The van der Waals surface area contributed by atoms with Gasteiger partial charge in [-0.2, -0.15) is 18.3 Å². The molecule has 0 atom stereocenters. The fraction of sp³-hybridized carbons (Fsp3) is 0.188. The fourth-order valence-corrected chi connectivity index (χ4v) is 4.02. The van der Waals surface area contributed by atoms with Gasteiger partial charge in [0, 0.05) is 12.7 Å². The van der Waals surface area contributed by atoms with Crippen molar-refractivity contribution in [2.75, 3.05) is 6.54 Å². The molecule has 0 unspecified atom stereocenters. The summed E-state index contributed by atoms with van der Waals surface area (Å²) in [6.45, 7) is 0.258. The Hall–Kier alpha value is -2.17. The van der Waals surface area contributed by atoms with Crippen LogP contribution in [0.4, 0.5) is 13.2 Å². The van der Waals surface area contributed by atoms with Gasteiger partial charge < -0.3 is 0 Å². The Labute approximate surface area is 152 Å². The summed E-state index contributed by atoms with van der Waals surface area (Å²) in [6.07, 6.45) is -2.88. The lowest BCUT2D eigenvalue weighted by Crippen LogP contribution is -2.27. The van der Waals surface area contributed by atoms with Crippen molar-refractivity contribution in [2.24, 2.45) is 0 Å². The van der Waals surface area contributed by atoms with Gasteiger partial charge in [-0.1, -0.05) is 12.1 Å². The number of aromatic nitrogens is 2. The Morgan fingerprint density at radius 2 is 1.96 bits per heavy atom. The molecule has 0 saturated carbocycles. The van der Waals surface area contributed by atoms with Gasteiger partial charge in [-0.05, 0) is 35.7 Å². The number of rotatable bonds is 6. The summed E-state index contributed by atoms with van der Waals surface area (Å²) in [5.74, 6) is 0. The Morgan fingerprint density at radius 1 is 1.15 bits per heavy atom. The summed E-state index contributed by atoms with van der Waals surface area (Å²) in [5.41, 5.74) is -0.228. The fourth-order valence-electron chi connectivity index (χ4n) is 2.26. The van der Waals surface area contributed by atoms with Crippen molar-refractivity contribution in [3.05, 3.63) is 59.6 Å². The number of halogens is 3. The number of hydrogen-bond acceptors (Lipinski definition) is 4. The van der Waals surface area contributed by atoms with E-state index in [0.29, 0.717) is 6.07 Å². The van der Waals surface area contributed by atoms with Crippen LogP contribution < -0.4 is 4.72 Å². The standard InChI is InChI=1S/C16H14F3N3O2S2/c17-16(18,19)12-3-1-4-13(11-12)26(23,24)20-7-9-22-8-6-14(21-22)15-5-2-10-25-15/h1-6,8,10-11,20H,7,9H2. The van der Waals surface area contributed by atoms with Crippen LogP contribution in [0.2, 0.25) is 0 Å². The topological polar surface area (TPSA) is 64.0 Å². The largest absolute Gasteiger partial charge is 0.416 e. The maximum atomic E-state index is 12.7. The monoisotopic (exact) mass is 401 g/mol. The summed E-state index contributed by atoms with van der Waals surface area (Å²) in [5, 5.41) is 6.26. The van der Waals surface area contributed by atoms with Crippen molar-refractivity contribution in [2.45, 2.75) is 17.6 Å². The van der Waals surface area contributed by atoms with Crippen molar-refractivity contribution in [3.8, 4) is 10.6 Å². The van der Waals surface area contributed by atoms with Crippen molar-refractivity contribution in [1.29, 1.82) is 0 Å². The minimum absolute atomic E-state index is 0.00411. The van der Waals surface area contributed by atoms with Gasteiger partial charge in [-0.15, -0.1) is 11.3 Å². The van der Waals surface area contributed by atoms with E-state index < -0.39 is 26.7 Å². The number of benzene rings is 1. The van der Waals surface area contributed by atoms with E-state index in [1.165, 1.54) is 11.3 Å². The zero-order chi connectivity index (χ0) is 18.8. The van der Waals surface area contributed by atoms with Crippen LogP contribution in [0.5, 0.6) is 0 Å². The predicted octanol–water partition coefficient (Wildman–Crippen LogP) is 3.61. The molecule has 0 radical (unpaired) electrons. The van der Waals surface area contributed by atoms with Crippen molar-refractivity contribution in [1.82, 2.24) is 14.5 Å². The second kappa shape index (κ2) is 7.22. The van der Waals surface area contributed by atoms with Gasteiger partial charge >= 0.3 is 6.18 Å². The molecule has 0 bridgehead atoms. The van der Waals surface area contributed by atoms with E-state index in [4.69, 9.17) is 0 Å². The minimum atomic E-state index is -4.60. The first-order chi connectivity index (χ1) is 12.3. The van der Waals surface area contributed by atoms with Gasteiger partial charge in [0.1, 0.15) is 5.69 Å². The highest BCUT2D eigenvalue weighted by Gasteiger charge is 2.31. The van der Waals surface area contributed by atoms with Crippen LogP contribution in [-0.2, 0) is 22.7 Å². The molecule has 1 aromatic carbocycles. The SMILES string of the molecule is O=S(=O)(NCCn1ccc(-c2cccs2)n1)c1cccc(C(F)(F)F)c1. The van der Waals surface area contributed by atoms with Crippen LogP contribution in [0.15, 0.2) is 58.9 Å². The van der Waals surface area contributed by atoms with Gasteiger partial charge in [-0.3, -0.25) is 4.68 Å². The molecular weight excluding hydrogens is 387 g/mol. The van der Waals surface area contributed by atoms with Gasteiger partial charge in [0.15, 0.2) is 0 Å². The molecule has 3 aromatic rings. The zero-order valence-corrected chi connectivity index (χ0v) is 14.9. The molecule has 5 nitrogen and oxygen atoms in total. The molecule has 138 valence electrons. The van der Waals surface area contributed by atoms with Crippen molar-refractivity contribution in [3.63, 3.8) is 0 Å². The lowest BCUT2D eigenvalue weighted by Gasteiger charge is -2.10. The maximum absolute atomic E-state index is 12.7. The van der Waals surface area contributed by atoms with E-state index in [0.717, 1.165) is 28.8 Å². The molecule has 2 aromatic heterocycles. The molecule has 0 aliphatic heterocycles. The molecule has 10 heteroatoms. The molecule has 0 aliphatic carbocycles. The third-order valence-corrected chi connectivity index (χ3v) is 5.87. The third-order valence-electron chi connectivity index (χ3n) is 3.52. The molecule has 0 aliphatic rings. The smallest absolute Gasteiger partial charge is 0.271 e. The Bertz CT molecular complexity index is 980. The molecule has 2 heterocycles. The highest BCUT2D eigenvalue weighted by atomic mass is 32.2. The van der Waals surface area contributed by atoms with Crippen LogP contribution in [0, 0.1) is 0 Å². The zero-order valence-electron chi connectivity index (χ0n) is 13.3. The van der Waals surface area contributed by atoms with E-state index in [9.17, 15) is 21.6 Å². The molecule has 0 spiro atoms. The van der Waals surface area contributed by atoms with Crippen LogP contribution >= 0.6 is 11.3 Å². The average Bonchev–Trinajstić information content (AvgIpc) is 3.25. The average molecular weight is 401 g/mol. The third kappa shape index (κ3) is 4.32. The lowest BCUT2D eigenvalue weighted by molar-refractivity contribution is -0.137. The Balaban J connectivity index is 1.64. The Morgan fingerprint density at radius 3 is 2.65 bits per heavy atom. The number of nitrogens with one attached hydrogen (secondary N) is 1. The van der Waals surface area contributed by atoms with E-state index in [-0.39, 0.29) is 13.1 Å². The van der Waals surface area contributed by atoms with E-state index in [1.54, 1.807) is 10.9 Å². The first kappa shape index (κ1) is 18.6. The van der Waals surface area contributed by atoms with E-state index in [1.807, 2.05) is 23.6 Å². The highest BCUT2D eigenvalue weighted by molar-refractivity contribution is 7.89. The van der Waals surface area contributed by atoms with Crippen molar-refractivity contribution >= 4 is 21.4 Å². The number of thiophene rings is 1. The van der Waals surface area contributed by atoms with Gasteiger partial charge in [0.05, 0.1) is 21.9 Å². The molecule has 0 amide bonds. The summed E-state index contributed by atoms with van der Waals surface area (Å²) >= 11 is 1.54. The summed E-state index contributed by atoms with van der Waals surface area (Å²) in [4.78, 5) is 0.570. The van der Waals surface area contributed by atoms with Gasteiger partial charge in [0.25, 0.3) is 0 Å². The number of sulfonamides is 1. The van der Waals surface area contributed by atoms with E-state index >= 15 is 0 Å². The molecule has 1 N–H and O–H groups in total. The summed E-state index contributed by atoms with van der Waals surface area (Å²) < 4.78 is 66.4. The van der Waals surface area contributed by atoms with Crippen molar-refractivity contribution < 1.29 is 21.6 Å². The molecule has 26 heavy (non-hydrogen) atoms. The number of nitrogens with zero attached hydrogens (tertiary/aromatic N) is 2. The van der Waals surface area contributed by atoms with Crippen LogP contribution in [0.25, 0.3) is 10.6 Å². The normalized spacial score (nSPS) is 12.4. The molecular formula is C16H14F3N3O2S2. The molecule has 0 fully saturated rings. The van der Waals surface area contributed by atoms with Gasteiger partial charge in [0.2, 0.25) is 10.0 Å². The number of alkyl halides is 3. The summed E-state index contributed by atoms with van der Waals surface area (Å²) in [6, 6.07) is 9.28. The second-order valence-electron chi connectivity index (χ2n) is 5.36. The molecule has 3 rings (SSSR count). The first-order valence-electron chi connectivity index (χ1n) is 7.50. The van der Waals surface area contributed by atoms with Crippen LogP contribution in [-0.4, -0.2) is 24.7 Å².